The van der Waals surface area contributed by atoms with Crippen LogP contribution in [0.4, 0.5) is 0 Å². The Hall–Kier alpha value is -1.29. The molecule has 26 heavy (non-hydrogen) atoms. The summed E-state index contributed by atoms with van der Waals surface area (Å²) in [5.41, 5.74) is 1.15. The molecule has 1 heterocycles. The monoisotopic (exact) mass is 358 g/mol. The second-order valence-electron chi connectivity index (χ2n) is 9.85. The van der Waals surface area contributed by atoms with Gasteiger partial charge in [-0.2, -0.15) is 0 Å². The molecular formula is C22H30O4. The summed E-state index contributed by atoms with van der Waals surface area (Å²) in [5, 5.41) is 11.4. The summed E-state index contributed by atoms with van der Waals surface area (Å²) in [6.45, 7) is 4.11. The van der Waals surface area contributed by atoms with Crippen molar-refractivity contribution in [2.45, 2.75) is 76.7 Å². The summed E-state index contributed by atoms with van der Waals surface area (Å²) in [5.74, 6) is 2.45. The van der Waals surface area contributed by atoms with Gasteiger partial charge < -0.3 is 14.3 Å². The van der Waals surface area contributed by atoms with Gasteiger partial charge in [0, 0.05) is 13.3 Å². The molecule has 5 rings (SSSR count). The zero-order valence-corrected chi connectivity index (χ0v) is 15.9. The molecule has 0 aromatic carbocycles. The predicted octanol–water partition coefficient (Wildman–Crippen LogP) is 4.21. The van der Waals surface area contributed by atoms with E-state index in [4.69, 9.17) is 9.15 Å². The summed E-state index contributed by atoms with van der Waals surface area (Å²) < 4.78 is 11.0. The summed E-state index contributed by atoms with van der Waals surface area (Å²) in [6.07, 6.45) is 10.7. The zero-order chi connectivity index (χ0) is 18.2. The summed E-state index contributed by atoms with van der Waals surface area (Å²) in [6, 6.07) is 2.20. The molecule has 0 amide bonds. The number of hydrogen-bond acceptors (Lipinski definition) is 4. The van der Waals surface area contributed by atoms with Crippen LogP contribution in [0.3, 0.4) is 0 Å². The van der Waals surface area contributed by atoms with E-state index in [1.807, 2.05) is 6.26 Å². The van der Waals surface area contributed by atoms with Crippen LogP contribution in [-0.2, 0) is 16.0 Å². The van der Waals surface area contributed by atoms with Gasteiger partial charge in [-0.05, 0) is 85.2 Å². The molecule has 1 spiro atoms. The molecule has 2 bridgehead atoms. The number of rotatable bonds is 2. The summed E-state index contributed by atoms with van der Waals surface area (Å²) in [7, 11) is 0. The lowest BCUT2D eigenvalue weighted by molar-refractivity contribution is -0.151. The van der Waals surface area contributed by atoms with E-state index >= 15 is 0 Å². The van der Waals surface area contributed by atoms with E-state index in [0.717, 1.165) is 25.7 Å². The van der Waals surface area contributed by atoms with Crippen LogP contribution in [-0.4, -0.2) is 23.3 Å². The van der Waals surface area contributed by atoms with Crippen molar-refractivity contribution in [2.24, 2.45) is 22.7 Å². The first-order chi connectivity index (χ1) is 12.4. The number of furan rings is 1. The maximum Gasteiger partial charge on any atom is 0.302 e. The molecule has 0 saturated heterocycles. The van der Waals surface area contributed by atoms with Gasteiger partial charge in [-0.3, -0.25) is 4.79 Å². The van der Waals surface area contributed by atoms with Gasteiger partial charge in [0.25, 0.3) is 0 Å². The molecule has 6 atom stereocenters. The number of fused-ring (bicyclic) bond motifs is 5. The van der Waals surface area contributed by atoms with Gasteiger partial charge in [0.2, 0.25) is 0 Å². The van der Waals surface area contributed by atoms with Crippen LogP contribution in [0, 0.1) is 22.7 Å². The quantitative estimate of drug-likeness (QED) is 0.805. The lowest BCUT2D eigenvalue weighted by atomic mass is 9.45. The van der Waals surface area contributed by atoms with Crippen LogP contribution in [0.15, 0.2) is 16.7 Å². The maximum absolute atomic E-state index is 11.4. The minimum Gasteiger partial charge on any atom is -0.469 e. The third kappa shape index (κ3) is 2.14. The van der Waals surface area contributed by atoms with Crippen molar-refractivity contribution in [3.8, 4) is 0 Å². The molecule has 3 fully saturated rings. The highest BCUT2D eigenvalue weighted by molar-refractivity contribution is 5.66. The van der Waals surface area contributed by atoms with Crippen molar-refractivity contribution in [1.29, 1.82) is 0 Å². The van der Waals surface area contributed by atoms with Gasteiger partial charge in [0.05, 0.1) is 6.26 Å². The first kappa shape index (κ1) is 16.9. The highest BCUT2D eigenvalue weighted by Crippen LogP contribution is 2.72. The van der Waals surface area contributed by atoms with E-state index in [1.54, 1.807) is 0 Å². The Morgan fingerprint density at radius 2 is 2.19 bits per heavy atom. The zero-order valence-electron chi connectivity index (χ0n) is 15.9. The molecule has 4 aliphatic carbocycles. The molecule has 1 aromatic heterocycles. The number of ether oxygens (including phenoxy) is 1. The fraction of sp³-hybridized carbons (Fsp3) is 0.773. The van der Waals surface area contributed by atoms with Crippen LogP contribution in [0.1, 0.15) is 76.0 Å². The highest BCUT2D eigenvalue weighted by Gasteiger charge is 2.66. The fourth-order valence-corrected chi connectivity index (χ4v) is 7.72. The summed E-state index contributed by atoms with van der Waals surface area (Å²) >= 11 is 0. The molecule has 142 valence electrons. The van der Waals surface area contributed by atoms with Crippen LogP contribution in [0.5, 0.6) is 0 Å². The lowest BCUT2D eigenvalue weighted by Gasteiger charge is -2.59. The Morgan fingerprint density at radius 3 is 3.00 bits per heavy atom. The Morgan fingerprint density at radius 1 is 1.35 bits per heavy atom. The van der Waals surface area contributed by atoms with Crippen LogP contribution >= 0.6 is 0 Å². The van der Waals surface area contributed by atoms with E-state index in [0.29, 0.717) is 17.3 Å². The largest absolute Gasteiger partial charge is 0.469 e. The van der Waals surface area contributed by atoms with Gasteiger partial charge in [0.1, 0.15) is 18.0 Å². The van der Waals surface area contributed by atoms with E-state index < -0.39 is 5.60 Å². The van der Waals surface area contributed by atoms with Gasteiger partial charge in [-0.15, -0.1) is 0 Å². The van der Waals surface area contributed by atoms with Crippen LogP contribution in [0.25, 0.3) is 0 Å². The molecule has 0 radical (unpaired) electrons. The lowest BCUT2D eigenvalue weighted by Crippen LogP contribution is -2.51. The predicted molar refractivity (Wildman–Crippen MR) is 96.6 cm³/mol. The SMILES string of the molecule is CC(=O)OC[C@@]1(O)C[C@@]23CC[C@@H]4c5ccoc5CC[C@@]4(C)[C@@H]2CC[C@@H]1C3. The first-order valence-electron chi connectivity index (χ1n) is 10.3. The average Bonchev–Trinajstić information content (AvgIpc) is 3.14. The minimum atomic E-state index is -0.820. The molecule has 4 aliphatic rings. The number of aliphatic hydroxyl groups is 1. The fourth-order valence-electron chi connectivity index (χ4n) is 7.72. The number of aryl methyl sites for hydroxylation is 1. The Bertz CT molecular complexity index is 738. The molecule has 0 unspecified atom stereocenters. The van der Waals surface area contributed by atoms with Crippen molar-refractivity contribution < 1.29 is 19.1 Å². The van der Waals surface area contributed by atoms with Gasteiger partial charge in [0.15, 0.2) is 0 Å². The maximum atomic E-state index is 11.4. The van der Waals surface area contributed by atoms with Crippen molar-refractivity contribution in [3.05, 3.63) is 23.7 Å². The van der Waals surface area contributed by atoms with Gasteiger partial charge >= 0.3 is 5.97 Å². The van der Waals surface area contributed by atoms with Crippen LogP contribution in [0.2, 0.25) is 0 Å². The van der Waals surface area contributed by atoms with E-state index in [1.165, 1.54) is 43.9 Å². The summed E-state index contributed by atoms with van der Waals surface area (Å²) in [4.78, 5) is 11.3. The van der Waals surface area contributed by atoms with E-state index in [-0.39, 0.29) is 23.9 Å². The second kappa shape index (κ2) is 5.37. The number of carbonyl (C=O) groups excluding carboxylic acids is 1. The second-order valence-corrected chi connectivity index (χ2v) is 9.85. The van der Waals surface area contributed by atoms with Crippen molar-refractivity contribution in [3.63, 3.8) is 0 Å². The Kier molecular flexibility index (Phi) is 3.48. The van der Waals surface area contributed by atoms with Gasteiger partial charge in [-0.1, -0.05) is 6.92 Å². The van der Waals surface area contributed by atoms with Crippen LogP contribution < -0.4 is 0 Å². The standard InChI is InChI=1S/C22H30O4/c1-14(23)26-13-22(24)12-21-9-5-17-16-7-10-25-18(16)6-8-20(17,2)19(21)4-3-15(22)11-21/h7,10,15,17,19,24H,3-6,8-9,11-13H2,1-2H3/t15-,17-,19+,20-,21+,22+/m1/s1. The smallest absolute Gasteiger partial charge is 0.302 e. The van der Waals surface area contributed by atoms with Crippen molar-refractivity contribution in [1.82, 2.24) is 0 Å². The third-order valence-corrected chi connectivity index (χ3v) is 8.71. The van der Waals surface area contributed by atoms with E-state index in [2.05, 4.69) is 13.0 Å². The van der Waals surface area contributed by atoms with Gasteiger partial charge in [-0.25, -0.2) is 0 Å². The number of hydrogen-bond donors (Lipinski definition) is 1. The molecule has 3 saturated carbocycles. The number of carbonyl (C=O) groups is 1. The van der Waals surface area contributed by atoms with E-state index in [9.17, 15) is 9.90 Å². The molecule has 4 heteroatoms. The highest BCUT2D eigenvalue weighted by atomic mass is 16.5. The molecule has 0 aliphatic heterocycles. The molecule has 1 N–H and O–H groups in total. The molecular weight excluding hydrogens is 328 g/mol. The van der Waals surface area contributed by atoms with Crippen molar-refractivity contribution in [2.75, 3.05) is 6.61 Å². The Labute approximate surface area is 155 Å². The molecule has 1 aromatic rings. The minimum absolute atomic E-state index is 0.174. The molecule has 4 nitrogen and oxygen atoms in total. The average molecular weight is 358 g/mol. The first-order valence-corrected chi connectivity index (χ1v) is 10.3. The third-order valence-electron chi connectivity index (χ3n) is 8.71. The Balaban J connectivity index is 1.47. The van der Waals surface area contributed by atoms with Crippen molar-refractivity contribution >= 4 is 5.97 Å². The normalized spacial score (nSPS) is 46.2. The topological polar surface area (TPSA) is 59.7 Å². The number of esters is 1.